The number of hydrogen-bond donors (Lipinski definition) is 2. The van der Waals surface area contributed by atoms with E-state index < -0.39 is 17.5 Å². The Labute approximate surface area is 135 Å². The summed E-state index contributed by atoms with van der Waals surface area (Å²) in [6.07, 6.45) is -2.08. The SMILES string of the molecule is Cc1ccc(OCCCNC(=O)Nc2nnc(C(F)F)s2)cc1. The second kappa shape index (κ2) is 8.37. The molecule has 6 nitrogen and oxygen atoms in total. The summed E-state index contributed by atoms with van der Waals surface area (Å²) in [7, 11) is 0. The van der Waals surface area contributed by atoms with E-state index in [1.54, 1.807) is 0 Å². The van der Waals surface area contributed by atoms with Gasteiger partial charge in [-0.25, -0.2) is 13.6 Å². The number of hydrogen-bond acceptors (Lipinski definition) is 5. The van der Waals surface area contributed by atoms with Crippen molar-refractivity contribution >= 4 is 22.5 Å². The highest BCUT2D eigenvalue weighted by Gasteiger charge is 2.14. The van der Waals surface area contributed by atoms with Crippen LogP contribution >= 0.6 is 11.3 Å². The number of halogens is 2. The van der Waals surface area contributed by atoms with Crippen molar-refractivity contribution in [3.05, 3.63) is 34.8 Å². The molecule has 0 saturated carbocycles. The van der Waals surface area contributed by atoms with Crippen LogP contribution in [0.15, 0.2) is 24.3 Å². The van der Waals surface area contributed by atoms with Crippen LogP contribution in [0.2, 0.25) is 0 Å². The molecule has 2 aromatic rings. The smallest absolute Gasteiger partial charge is 0.321 e. The van der Waals surface area contributed by atoms with E-state index in [9.17, 15) is 13.6 Å². The number of nitrogens with zero attached hydrogens (tertiary/aromatic N) is 2. The zero-order valence-corrected chi connectivity index (χ0v) is 13.2. The predicted molar refractivity (Wildman–Crippen MR) is 83.2 cm³/mol. The molecule has 124 valence electrons. The fraction of sp³-hybridized carbons (Fsp3) is 0.357. The van der Waals surface area contributed by atoms with E-state index in [0.29, 0.717) is 30.9 Å². The summed E-state index contributed by atoms with van der Waals surface area (Å²) in [6, 6.07) is 7.15. The number of amides is 2. The fourth-order valence-electron chi connectivity index (χ4n) is 1.61. The molecule has 23 heavy (non-hydrogen) atoms. The van der Waals surface area contributed by atoms with E-state index >= 15 is 0 Å². The molecule has 0 fully saturated rings. The summed E-state index contributed by atoms with van der Waals surface area (Å²) in [5.74, 6) is 0.772. The highest BCUT2D eigenvalue weighted by molar-refractivity contribution is 7.15. The van der Waals surface area contributed by atoms with Crippen molar-refractivity contribution in [2.24, 2.45) is 0 Å². The Balaban J connectivity index is 1.61. The number of benzene rings is 1. The second-order valence-corrected chi connectivity index (χ2v) is 5.65. The van der Waals surface area contributed by atoms with Crippen molar-refractivity contribution in [3.8, 4) is 5.75 Å². The minimum absolute atomic E-state index is 0.0358. The Morgan fingerprint density at radius 2 is 2.04 bits per heavy atom. The number of nitrogens with one attached hydrogen (secondary N) is 2. The van der Waals surface area contributed by atoms with Gasteiger partial charge in [0.2, 0.25) is 5.13 Å². The van der Waals surface area contributed by atoms with Crippen LogP contribution < -0.4 is 15.4 Å². The molecule has 2 rings (SSSR count). The lowest BCUT2D eigenvalue weighted by atomic mass is 10.2. The molecule has 2 amide bonds. The third kappa shape index (κ3) is 5.78. The van der Waals surface area contributed by atoms with Crippen LogP contribution in [-0.2, 0) is 0 Å². The van der Waals surface area contributed by atoms with Crippen LogP contribution in [0.25, 0.3) is 0 Å². The van der Waals surface area contributed by atoms with Gasteiger partial charge in [-0.15, -0.1) is 10.2 Å². The van der Waals surface area contributed by atoms with Crippen molar-refractivity contribution < 1.29 is 18.3 Å². The number of aryl methyl sites for hydroxylation is 1. The summed E-state index contributed by atoms with van der Waals surface area (Å²) in [6.45, 7) is 2.84. The van der Waals surface area contributed by atoms with Crippen molar-refractivity contribution in [1.29, 1.82) is 0 Å². The predicted octanol–water partition coefficient (Wildman–Crippen LogP) is 3.37. The van der Waals surface area contributed by atoms with E-state index in [4.69, 9.17) is 4.74 Å². The Bertz CT molecular complexity index is 634. The maximum atomic E-state index is 12.3. The maximum absolute atomic E-state index is 12.3. The van der Waals surface area contributed by atoms with Gasteiger partial charge in [0.05, 0.1) is 6.61 Å². The second-order valence-electron chi connectivity index (χ2n) is 4.64. The monoisotopic (exact) mass is 342 g/mol. The van der Waals surface area contributed by atoms with Gasteiger partial charge in [-0.1, -0.05) is 29.0 Å². The standard InChI is InChI=1S/C14H16F2N4O2S/c1-9-3-5-10(6-4-9)22-8-2-7-17-13(21)18-14-20-19-12(23-14)11(15)16/h3-6,11H,2,7-8H2,1H3,(H2,17,18,20,21). The molecule has 0 bridgehead atoms. The maximum Gasteiger partial charge on any atom is 0.321 e. The first-order valence-corrected chi connectivity index (χ1v) is 7.72. The molecule has 9 heteroatoms. The number of urea groups is 1. The van der Waals surface area contributed by atoms with Crippen molar-refractivity contribution in [1.82, 2.24) is 15.5 Å². The Morgan fingerprint density at radius 1 is 1.30 bits per heavy atom. The molecule has 0 aliphatic carbocycles. The van der Waals surface area contributed by atoms with Gasteiger partial charge < -0.3 is 10.1 Å². The zero-order chi connectivity index (χ0) is 16.7. The lowest BCUT2D eigenvalue weighted by Gasteiger charge is -2.07. The summed E-state index contributed by atoms with van der Waals surface area (Å²) >= 11 is 0.643. The third-order valence-corrected chi connectivity index (χ3v) is 3.59. The fourth-order valence-corrected chi connectivity index (χ4v) is 2.21. The largest absolute Gasteiger partial charge is 0.494 e. The number of alkyl halides is 2. The van der Waals surface area contributed by atoms with E-state index in [0.717, 1.165) is 11.3 Å². The van der Waals surface area contributed by atoms with Crippen LogP contribution in [0, 0.1) is 6.92 Å². The van der Waals surface area contributed by atoms with Gasteiger partial charge in [0.25, 0.3) is 6.43 Å². The number of anilines is 1. The van der Waals surface area contributed by atoms with Crippen molar-refractivity contribution in [2.75, 3.05) is 18.5 Å². The molecule has 0 aliphatic heterocycles. The van der Waals surface area contributed by atoms with E-state index in [-0.39, 0.29) is 5.13 Å². The normalized spacial score (nSPS) is 10.6. The molecule has 1 aromatic heterocycles. The molecule has 0 aliphatic rings. The molecule has 1 aromatic carbocycles. The average Bonchev–Trinajstić information content (AvgIpc) is 2.97. The average molecular weight is 342 g/mol. The molecule has 0 spiro atoms. The Hall–Kier alpha value is -2.29. The number of carbonyl (C=O) groups is 1. The van der Waals surface area contributed by atoms with E-state index in [1.165, 1.54) is 0 Å². The topological polar surface area (TPSA) is 76.1 Å². The van der Waals surface area contributed by atoms with Crippen LogP contribution in [0.5, 0.6) is 5.75 Å². The van der Waals surface area contributed by atoms with Gasteiger partial charge in [0, 0.05) is 6.54 Å². The van der Waals surface area contributed by atoms with E-state index in [1.807, 2.05) is 31.2 Å². The van der Waals surface area contributed by atoms with Gasteiger partial charge in [0.1, 0.15) is 5.75 Å². The molecule has 0 radical (unpaired) electrons. The van der Waals surface area contributed by atoms with Gasteiger partial charge in [-0.2, -0.15) is 0 Å². The lowest BCUT2D eigenvalue weighted by Crippen LogP contribution is -2.30. The molecular weight excluding hydrogens is 326 g/mol. The molecule has 0 atom stereocenters. The highest BCUT2D eigenvalue weighted by atomic mass is 32.1. The minimum Gasteiger partial charge on any atom is -0.494 e. The summed E-state index contributed by atoms with van der Waals surface area (Å²) in [5, 5.41) is 11.3. The minimum atomic E-state index is -2.69. The molecule has 1 heterocycles. The van der Waals surface area contributed by atoms with Gasteiger partial charge in [0.15, 0.2) is 5.01 Å². The van der Waals surface area contributed by atoms with Crippen LogP contribution in [0.4, 0.5) is 18.7 Å². The van der Waals surface area contributed by atoms with Gasteiger partial charge in [-0.3, -0.25) is 5.32 Å². The summed E-state index contributed by atoms with van der Waals surface area (Å²) < 4.78 is 30.2. The van der Waals surface area contributed by atoms with Gasteiger partial charge in [-0.05, 0) is 25.5 Å². The van der Waals surface area contributed by atoms with Crippen LogP contribution in [0.1, 0.15) is 23.4 Å². The molecular formula is C14H16F2N4O2S. The first-order chi connectivity index (χ1) is 11.0. The van der Waals surface area contributed by atoms with Gasteiger partial charge >= 0.3 is 6.03 Å². The van der Waals surface area contributed by atoms with Crippen LogP contribution in [0.3, 0.4) is 0 Å². The molecule has 0 saturated heterocycles. The third-order valence-electron chi connectivity index (χ3n) is 2.74. The van der Waals surface area contributed by atoms with Crippen molar-refractivity contribution in [3.63, 3.8) is 0 Å². The molecule has 0 unspecified atom stereocenters. The van der Waals surface area contributed by atoms with Crippen LogP contribution in [-0.4, -0.2) is 29.4 Å². The highest BCUT2D eigenvalue weighted by Crippen LogP contribution is 2.24. The zero-order valence-electron chi connectivity index (χ0n) is 12.4. The first-order valence-electron chi connectivity index (χ1n) is 6.90. The summed E-state index contributed by atoms with van der Waals surface area (Å²) in [4.78, 5) is 11.6. The number of aromatic nitrogens is 2. The van der Waals surface area contributed by atoms with E-state index in [2.05, 4.69) is 20.8 Å². The lowest BCUT2D eigenvalue weighted by molar-refractivity contribution is 0.150. The quantitative estimate of drug-likeness (QED) is 0.757. The number of carbonyl (C=O) groups excluding carboxylic acids is 1. The Morgan fingerprint density at radius 3 is 2.70 bits per heavy atom. The Kier molecular flexibility index (Phi) is 6.21. The molecule has 2 N–H and O–H groups in total. The van der Waals surface area contributed by atoms with Crippen molar-refractivity contribution in [2.45, 2.75) is 19.8 Å². The first kappa shape index (κ1) is 17.1. The number of rotatable bonds is 7. The summed E-state index contributed by atoms with van der Waals surface area (Å²) in [5.41, 5.74) is 1.15. The number of ether oxygens (including phenoxy) is 1.